The van der Waals surface area contributed by atoms with E-state index < -0.39 is 0 Å². The fourth-order valence-electron chi connectivity index (χ4n) is 2.40. The molecule has 0 aliphatic carbocycles. The topological polar surface area (TPSA) is 45.6 Å². The summed E-state index contributed by atoms with van der Waals surface area (Å²) >= 11 is 0. The molecule has 2 aromatic rings. The fourth-order valence-corrected chi connectivity index (χ4v) is 2.40. The second-order valence-corrected chi connectivity index (χ2v) is 5.03. The van der Waals surface area contributed by atoms with Crippen molar-refractivity contribution in [2.24, 2.45) is 4.99 Å². The van der Waals surface area contributed by atoms with E-state index >= 15 is 0 Å². The van der Waals surface area contributed by atoms with Crippen LogP contribution in [0.15, 0.2) is 47.5 Å². The van der Waals surface area contributed by atoms with Gasteiger partial charge in [-0.25, -0.2) is 4.39 Å². The van der Waals surface area contributed by atoms with Crippen molar-refractivity contribution in [3.05, 3.63) is 53.8 Å². The van der Waals surface area contributed by atoms with Crippen LogP contribution in [0.25, 0.3) is 0 Å². The first-order valence-corrected chi connectivity index (χ1v) is 7.26. The number of aliphatic imine (C=N–C) groups is 1. The Morgan fingerprint density at radius 1 is 1.18 bits per heavy atom. The molecular weight excluding hydrogens is 281 g/mol. The SMILES string of the molecule is COc1ccc(Nc2cccc(F)c2C2=NCCCN2)cc1. The van der Waals surface area contributed by atoms with Gasteiger partial charge in [0.05, 0.1) is 18.4 Å². The molecule has 2 aromatic carbocycles. The number of halogens is 1. The molecule has 5 heteroatoms. The molecule has 22 heavy (non-hydrogen) atoms. The lowest BCUT2D eigenvalue weighted by Gasteiger charge is -2.19. The van der Waals surface area contributed by atoms with Crippen molar-refractivity contribution in [1.82, 2.24) is 5.32 Å². The van der Waals surface area contributed by atoms with Crippen molar-refractivity contribution in [1.29, 1.82) is 0 Å². The number of ether oxygens (including phenoxy) is 1. The van der Waals surface area contributed by atoms with Crippen LogP contribution in [0.5, 0.6) is 5.75 Å². The molecule has 0 spiro atoms. The van der Waals surface area contributed by atoms with Crippen molar-refractivity contribution < 1.29 is 9.13 Å². The van der Waals surface area contributed by atoms with E-state index in [2.05, 4.69) is 15.6 Å². The molecule has 1 heterocycles. The molecular formula is C17H18FN3O. The van der Waals surface area contributed by atoms with Gasteiger partial charge >= 0.3 is 0 Å². The van der Waals surface area contributed by atoms with Gasteiger partial charge in [-0.3, -0.25) is 4.99 Å². The molecule has 4 nitrogen and oxygen atoms in total. The second-order valence-electron chi connectivity index (χ2n) is 5.03. The molecule has 0 fully saturated rings. The van der Waals surface area contributed by atoms with E-state index in [-0.39, 0.29) is 5.82 Å². The van der Waals surface area contributed by atoms with Gasteiger partial charge in [0.15, 0.2) is 0 Å². The smallest absolute Gasteiger partial charge is 0.136 e. The van der Waals surface area contributed by atoms with Crippen LogP contribution in [0.4, 0.5) is 15.8 Å². The van der Waals surface area contributed by atoms with Gasteiger partial charge in [-0.1, -0.05) is 6.07 Å². The Labute approximate surface area is 129 Å². The maximum Gasteiger partial charge on any atom is 0.136 e. The predicted molar refractivity (Wildman–Crippen MR) is 86.7 cm³/mol. The minimum Gasteiger partial charge on any atom is -0.497 e. The van der Waals surface area contributed by atoms with Gasteiger partial charge < -0.3 is 15.4 Å². The van der Waals surface area contributed by atoms with Gasteiger partial charge in [0, 0.05) is 18.8 Å². The number of rotatable bonds is 4. The van der Waals surface area contributed by atoms with E-state index in [4.69, 9.17) is 4.74 Å². The Morgan fingerprint density at radius 2 is 2.00 bits per heavy atom. The number of nitrogens with zero attached hydrogens (tertiary/aromatic N) is 1. The number of hydrogen-bond donors (Lipinski definition) is 2. The highest BCUT2D eigenvalue weighted by Crippen LogP contribution is 2.25. The summed E-state index contributed by atoms with van der Waals surface area (Å²) in [5, 5.41) is 6.42. The quantitative estimate of drug-likeness (QED) is 0.910. The summed E-state index contributed by atoms with van der Waals surface area (Å²) in [5.74, 6) is 1.11. The standard InChI is InChI=1S/C17H18FN3O/c1-22-13-8-6-12(7-9-13)21-15-5-2-4-14(18)16(15)17-19-10-3-11-20-17/h2,4-9,21H,3,10-11H2,1H3,(H,19,20). The summed E-state index contributed by atoms with van der Waals surface area (Å²) < 4.78 is 19.4. The molecule has 0 bridgehead atoms. The molecule has 0 aromatic heterocycles. The molecule has 1 aliphatic rings. The molecule has 3 rings (SSSR count). The number of hydrogen-bond acceptors (Lipinski definition) is 4. The summed E-state index contributed by atoms with van der Waals surface area (Å²) in [6.07, 6.45) is 0.971. The second kappa shape index (κ2) is 6.47. The van der Waals surface area contributed by atoms with Crippen LogP contribution in [-0.2, 0) is 0 Å². The third kappa shape index (κ3) is 3.03. The summed E-state index contributed by atoms with van der Waals surface area (Å²) in [6.45, 7) is 1.54. The minimum absolute atomic E-state index is 0.285. The highest BCUT2D eigenvalue weighted by atomic mass is 19.1. The Hall–Kier alpha value is -2.56. The van der Waals surface area contributed by atoms with Crippen LogP contribution in [0.1, 0.15) is 12.0 Å². The van der Waals surface area contributed by atoms with Crippen LogP contribution in [0, 0.1) is 5.82 Å². The van der Waals surface area contributed by atoms with Gasteiger partial charge in [-0.15, -0.1) is 0 Å². The maximum absolute atomic E-state index is 14.3. The number of methoxy groups -OCH3 is 1. The maximum atomic E-state index is 14.3. The predicted octanol–water partition coefficient (Wildman–Crippen LogP) is 3.32. The number of benzene rings is 2. The minimum atomic E-state index is -0.285. The zero-order valence-corrected chi connectivity index (χ0v) is 12.4. The third-order valence-electron chi connectivity index (χ3n) is 3.52. The highest BCUT2D eigenvalue weighted by molar-refractivity contribution is 6.04. The largest absolute Gasteiger partial charge is 0.497 e. The van der Waals surface area contributed by atoms with Gasteiger partial charge in [0.2, 0.25) is 0 Å². The van der Waals surface area contributed by atoms with Gasteiger partial charge in [0.1, 0.15) is 17.4 Å². The molecule has 0 saturated heterocycles. The number of anilines is 2. The average molecular weight is 299 g/mol. The van der Waals surface area contributed by atoms with Gasteiger partial charge in [-0.05, 0) is 42.8 Å². The molecule has 114 valence electrons. The Bertz CT molecular complexity index is 683. The van der Waals surface area contributed by atoms with Crippen molar-refractivity contribution >= 4 is 17.2 Å². The van der Waals surface area contributed by atoms with Crippen LogP contribution >= 0.6 is 0 Å². The lowest BCUT2D eigenvalue weighted by Crippen LogP contribution is -2.31. The van der Waals surface area contributed by atoms with E-state index in [0.29, 0.717) is 17.1 Å². The third-order valence-corrected chi connectivity index (χ3v) is 3.52. The summed E-state index contributed by atoms with van der Waals surface area (Å²) in [4.78, 5) is 4.40. The van der Waals surface area contributed by atoms with Crippen molar-refractivity contribution in [2.75, 3.05) is 25.5 Å². The fraction of sp³-hybridized carbons (Fsp3) is 0.235. The van der Waals surface area contributed by atoms with Crippen molar-refractivity contribution in [2.45, 2.75) is 6.42 Å². The molecule has 0 unspecified atom stereocenters. The normalized spacial score (nSPS) is 14.0. The number of nitrogens with one attached hydrogen (secondary N) is 2. The molecule has 0 saturated carbocycles. The van der Waals surface area contributed by atoms with Crippen LogP contribution < -0.4 is 15.4 Å². The van der Waals surface area contributed by atoms with Crippen LogP contribution in [0.3, 0.4) is 0 Å². The zero-order chi connectivity index (χ0) is 15.4. The molecule has 2 N–H and O–H groups in total. The van der Waals surface area contributed by atoms with E-state index in [0.717, 1.165) is 30.9 Å². The van der Waals surface area contributed by atoms with Crippen molar-refractivity contribution in [3.8, 4) is 5.75 Å². The van der Waals surface area contributed by atoms with Gasteiger partial charge in [-0.2, -0.15) is 0 Å². The highest BCUT2D eigenvalue weighted by Gasteiger charge is 2.16. The lowest BCUT2D eigenvalue weighted by atomic mass is 10.1. The summed E-state index contributed by atoms with van der Waals surface area (Å²) in [6, 6.07) is 12.5. The summed E-state index contributed by atoms with van der Waals surface area (Å²) in [7, 11) is 1.63. The Kier molecular flexibility index (Phi) is 4.23. The first kappa shape index (κ1) is 14.4. The lowest BCUT2D eigenvalue weighted by molar-refractivity contribution is 0.415. The zero-order valence-electron chi connectivity index (χ0n) is 12.4. The first-order chi connectivity index (χ1) is 10.8. The monoisotopic (exact) mass is 299 g/mol. The average Bonchev–Trinajstić information content (AvgIpc) is 2.56. The van der Waals surface area contributed by atoms with E-state index in [1.54, 1.807) is 13.2 Å². The van der Waals surface area contributed by atoms with E-state index in [9.17, 15) is 4.39 Å². The van der Waals surface area contributed by atoms with Gasteiger partial charge in [0.25, 0.3) is 0 Å². The van der Waals surface area contributed by atoms with E-state index in [1.165, 1.54) is 6.07 Å². The first-order valence-electron chi connectivity index (χ1n) is 7.26. The molecule has 0 atom stereocenters. The number of amidine groups is 1. The van der Waals surface area contributed by atoms with Crippen LogP contribution in [-0.4, -0.2) is 26.0 Å². The molecule has 1 aliphatic heterocycles. The molecule has 0 radical (unpaired) electrons. The Balaban J connectivity index is 1.92. The Morgan fingerprint density at radius 3 is 2.68 bits per heavy atom. The van der Waals surface area contributed by atoms with Crippen molar-refractivity contribution in [3.63, 3.8) is 0 Å². The summed E-state index contributed by atoms with van der Waals surface area (Å²) in [5.41, 5.74) is 2.04. The van der Waals surface area contributed by atoms with Crippen LogP contribution in [0.2, 0.25) is 0 Å². The van der Waals surface area contributed by atoms with E-state index in [1.807, 2.05) is 30.3 Å². The molecule has 0 amide bonds.